The van der Waals surface area contributed by atoms with Crippen LogP contribution < -0.4 is 0 Å². The second kappa shape index (κ2) is 28.7. The Hall–Kier alpha value is -2.01. The zero-order valence-electron chi connectivity index (χ0n) is 58.2. The molecule has 5 N–H and O–H groups in total. The maximum Gasteiger partial charge on any atom is 0.252 e. The molecule has 7 saturated heterocycles. The lowest BCUT2D eigenvalue weighted by Gasteiger charge is -2.64. The van der Waals surface area contributed by atoms with Crippen LogP contribution >= 0.6 is 0 Å². The largest absolute Gasteiger partial charge is 0.493 e. The number of Topliss-reactive ketones (excluding diaryl/α,β-unsaturated/α-hetero) is 1. The van der Waals surface area contributed by atoms with Gasteiger partial charge in [-0.05, 0) is 135 Å². The minimum absolute atomic E-state index is 0.00907. The van der Waals surface area contributed by atoms with E-state index in [0.29, 0.717) is 18.8 Å². The van der Waals surface area contributed by atoms with E-state index in [9.17, 15) is 30.3 Å². The Balaban J connectivity index is 0.600. The van der Waals surface area contributed by atoms with Gasteiger partial charge in [0, 0.05) is 58.8 Å². The molecule has 26 heteroatoms. The minimum atomic E-state index is -1.37. The number of ether oxygens (including phenoxy) is 18. The molecule has 1 spiro atoms. The normalized spacial score (nSPS) is 53.1. The van der Waals surface area contributed by atoms with Crippen LogP contribution in [0.4, 0.5) is 0 Å². The zero-order valence-corrected chi connectivity index (χ0v) is 58.2. The summed E-state index contributed by atoms with van der Waals surface area (Å²) in [6.45, 7) is 21.8. The monoisotopic (exact) mass is 1350 g/mol. The summed E-state index contributed by atoms with van der Waals surface area (Å²) >= 11 is 0. The predicted molar refractivity (Wildman–Crippen MR) is 331 cm³/mol. The number of methoxy groups -OCH3 is 4. The Morgan fingerprint density at radius 3 is 1.87 bits per heavy atom. The molecule has 10 fully saturated rings. The highest BCUT2D eigenvalue weighted by Crippen LogP contribution is 2.72. The van der Waals surface area contributed by atoms with Gasteiger partial charge in [-0.25, -0.2) is 4.89 Å². The molecule has 8 aliphatic heterocycles. The third-order valence-electron chi connectivity index (χ3n) is 24.6. The van der Waals surface area contributed by atoms with Gasteiger partial charge in [0.2, 0.25) is 12.1 Å². The molecule has 0 amide bonds. The third-order valence-corrected chi connectivity index (χ3v) is 24.6. The predicted octanol–water partition coefficient (Wildman–Crippen LogP) is 5.24. The number of rotatable bonds is 17. The van der Waals surface area contributed by atoms with Crippen LogP contribution in [0.5, 0.6) is 0 Å². The van der Waals surface area contributed by atoms with Gasteiger partial charge in [-0.15, -0.1) is 0 Å². The first-order valence-corrected chi connectivity index (χ1v) is 35.1. The first-order valence-electron chi connectivity index (χ1n) is 35.1. The number of hydrogen-bond donors (Lipinski definition) is 5. The second-order valence-electron chi connectivity index (χ2n) is 30.4. The highest BCUT2D eigenvalue weighted by atomic mass is 17.2. The standard InChI is InChI=1S/C69H110O26/c1-32-24-44(76-12)55(73)63(81-32)88-41-17-21-65(9)40(25-41)16-20-66(10)48(65)18-22-67(11)49(66)19-23-69(67,75)39(8)87-52-29-46-61(37(6)85-52)94-95-68(31-80-46)30-47(78-14)60(38(7)93-68)91-51-27-43(71)57(34(3)83-51)89-50-26-42(70)58(35(4)82-50)90-53-28-45(77-13)59(36(5)84-53)92-64-56(74)62(79-15)54(72)33(2)86-64/h16,24,32-39,41-43,45-54,56-64,70-72,74-75H,17-23,25-31H2,1-15H3/t32-,33-,34-,35-,36-,37-,38-,39+,41+,42+,43+,45+,46-,47+,48+,49+,50+,51+,52+,53+,54+,56-,57-,58-,59-,60-,61-,62+,63+,64+,65+,66-,67+,68+,69+/m1/s1. The highest BCUT2D eigenvalue weighted by Gasteiger charge is 2.70. The van der Waals surface area contributed by atoms with Gasteiger partial charge < -0.3 is 111 Å². The van der Waals surface area contributed by atoms with Crippen molar-refractivity contribution < 1.29 is 125 Å². The second-order valence-corrected chi connectivity index (χ2v) is 30.4. The fourth-order valence-corrected chi connectivity index (χ4v) is 19.3. The maximum atomic E-state index is 13.1. The lowest BCUT2D eigenvalue weighted by molar-refractivity contribution is -0.472. The van der Waals surface area contributed by atoms with Crippen molar-refractivity contribution in [3.63, 3.8) is 0 Å². The molecule has 0 radical (unpaired) electrons. The van der Waals surface area contributed by atoms with Crippen molar-refractivity contribution in [3.8, 4) is 0 Å². The lowest BCUT2D eigenvalue weighted by atomic mass is 9.41. The molecule has 35 atom stereocenters. The summed E-state index contributed by atoms with van der Waals surface area (Å²) in [5, 5.41) is 57.6. The van der Waals surface area contributed by atoms with Gasteiger partial charge in [-0.3, -0.25) is 4.79 Å². The molecule has 0 aromatic heterocycles. The Morgan fingerprint density at radius 2 is 1.23 bits per heavy atom. The molecule has 3 saturated carbocycles. The Bertz CT molecular complexity index is 2670. The number of aliphatic hydroxyl groups excluding tert-OH is 4. The molecule has 0 aromatic rings. The Kier molecular flexibility index (Phi) is 22.0. The van der Waals surface area contributed by atoms with Gasteiger partial charge in [0.05, 0.1) is 98.2 Å². The van der Waals surface area contributed by atoms with E-state index in [4.69, 9.17) is 95.0 Å². The number of hydrogen-bond acceptors (Lipinski definition) is 26. The van der Waals surface area contributed by atoms with Crippen molar-refractivity contribution in [1.29, 1.82) is 0 Å². The summed E-state index contributed by atoms with van der Waals surface area (Å²) in [5.74, 6) is -0.680. The highest BCUT2D eigenvalue weighted by molar-refractivity contribution is 5.96. The number of carbonyl (C=O) groups is 1. The third kappa shape index (κ3) is 13.7. The van der Waals surface area contributed by atoms with E-state index in [1.165, 1.54) is 26.9 Å². The van der Waals surface area contributed by atoms with Crippen LogP contribution in [-0.4, -0.2) is 250 Å². The van der Waals surface area contributed by atoms with Gasteiger partial charge in [-0.2, -0.15) is 4.89 Å². The summed E-state index contributed by atoms with van der Waals surface area (Å²) in [6.07, 6.45) is -8.86. The van der Waals surface area contributed by atoms with Crippen molar-refractivity contribution in [2.45, 2.75) is 343 Å². The molecule has 8 heterocycles. The van der Waals surface area contributed by atoms with E-state index < -0.39 is 177 Å². The molecule has 0 aromatic carbocycles. The van der Waals surface area contributed by atoms with Crippen LogP contribution in [0.15, 0.2) is 23.5 Å². The quantitative estimate of drug-likeness (QED) is 0.0919. The fourth-order valence-electron chi connectivity index (χ4n) is 19.3. The van der Waals surface area contributed by atoms with Crippen LogP contribution in [0.3, 0.4) is 0 Å². The minimum Gasteiger partial charge on any atom is -0.493 e. The Labute approximate surface area is 558 Å². The van der Waals surface area contributed by atoms with E-state index >= 15 is 0 Å². The average molecular weight is 1360 g/mol. The molecule has 0 bridgehead atoms. The topological polar surface area (TPSA) is 303 Å². The summed E-state index contributed by atoms with van der Waals surface area (Å²) in [4.78, 5) is 25.6. The molecule has 542 valence electrons. The van der Waals surface area contributed by atoms with Gasteiger partial charge >= 0.3 is 0 Å². The van der Waals surface area contributed by atoms with Crippen molar-refractivity contribution >= 4 is 5.78 Å². The lowest BCUT2D eigenvalue weighted by Crippen LogP contribution is -2.62. The van der Waals surface area contributed by atoms with Gasteiger partial charge in [0.15, 0.2) is 37.2 Å². The molecule has 12 rings (SSSR count). The van der Waals surface area contributed by atoms with Crippen LogP contribution in [0.25, 0.3) is 0 Å². The van der Waals surface area contributed by atoms with Gasteiger partial charge in [0.25, 0.3) is 5.78 Å². The molecule has 95 heavy (non-hydrogen) atoms. The van der Waals surface area contributed by atoms with E-state index in [0.717, 1.165) is 44.9 Å². The average Bonchev–Trinajstić information content (AvgIpc) is 1.62. The van der Waals surface area contributed by atoms with Crippen molar-refractivity contribution in [1.82, 2.24) is 0 Å². The SMILES string of the molecule is COC1=C[C@@H](C)O[C@@H](O[C@H]2CC[C@@]3(C)C(=CC[C@]4(C)[C@H]3CC[C@@]3(C)[C@H]4CC[C@]3(O)[C@H](C)O[C@H]3C[C@H]4OC[C@]5(C[C@H](OC)[C@H](O[C@H]6C[C@H](O)[C@H](O[C@H]7C[C@H](O)[C@H](O[C@H]8C[C@H](OC)[C@H](O[C@@H]9O[C@H](C)[C@H](O)[C@H](OC)[C@H]9O)[C@@H](C)O8)[C@@H](C)O7)[C@@H](C)O6)[C@@H](C)O5)OO[C@@H]4[C@@H](C)O3)C2)C1=O. The summed E-state index contributed by atoms with van der Waals surface area (Å²) < 4.78 is 112. The summed E-state index contributed by atoms with van der Waals surface area (Å²) in [7, 11) is 6.03. The van der Waals surface area contributed by atoms with Gasteiger partial charge in [-0.1, -0.05) is 32.4 Å². The smallest absolute Gasteiger partial charge is 0.252 e. The molecule has 12 aliphatic rings. The Morgan fingerprint density at radius 1 is 0.611 bits per heavy atom. The van der Waals surface area contributed by atoms with Crippen LogP contribution in [0.2, 0.25) is 0 Å². The van der Waals surface area contributed by atoms with Gasteiger partial charge in [0.1, 0.15) is 55.4 Å². The molecular formula is C69H110O26. The number of allylic oxidation sites excluding steroid dienone is 1. The molecule has 26 nitrogen and oxygen atoms in total. The molecule has 0 unspecified atom stereocenters. The zero-order chi connectivity index (χ0) is 68.0. The van der Waals surface area contributed by atoms with Crippen molar-refractivity contribution in [2.24, 2.45) is 28.1 Å². The summed E-state index contributed by atoms with van der Waals surface area (Å²) in [6, 6.07) is 0. The van der Waals surface area contributed by atoms with E-state index in [1.54, 1.807) is 40.9 Å². The molecule has 4 aliphatic carbocycles. The van der Waals surface area contributed by atoms with Crippen LogP contribution in [0.1, 0.15) is 160 Å². The van der Waals surface area contributed by atoms with E-state index in [2.05, 4.69) is 26.8 Å². The van der Waals surface area contributed by atoms with Crippen molar-refractivity contribution in [3.05, 3.63) is 23.5 Å². The number of ketones is 1. The summed E-state index contributed by atoms with van der Waals surface area (Å²) in [5.41, 5.74) is -0.188. The number of carbonyl (C=O) groups excluding carboxylic acids is 1. The van der Waals surface area contributed by atoms with E-state index in [1.807, 2.05) is 27.7 Å². The van der Waals surface area contributed by atoms with Crippen molar-refractivity contribution in [2.75, 3.05) is 35.0 Å². The van der Waals surface area contributed by atoms with E-state index in [-0.39, 0.29) is 72.8 Å². The van der Waals surface area contributed by atoms with Crippen LogP contribution in [0, 0.1) is 28.1 Å². The number of aliphatic hydroxyl groups is 5. The maximum absolute atomic E-state index is 13.1. The number of fused-ring (bicyclic) bond motifs is 6. The fraction of sp³-hybridized carbons (Fsp3) is 0.928. The first kappa shape index (κ1) is 72.8. The van der Waals surface area contributed by atoms with Crippen LogP contribution in [-0.2, 0) is 99.8 Å². The first-order chi connectivity index (χ1) is 45.1. The molecular weight excluding hydrogens is 1240 g/mol.